The molecule has 0 radical (unpaired) electrons. The molecule has 6 aromatic carbocycles. The van der Waals surface area contributed by atoms with Crippen molar-refractivity contribution in [3.05, 3.63) is 191 Å². The third kappa shape index (κ3) is 7.77. The van der Waals surface area contributed by atoms with Gasteiger partial charge in [0.25, 0.3) is 0 Å². The van der Waals surface area contributed by atoms with Gasteiger partial charge in [-0.15, -0.1) is 7.92 Å². The molecule has 0 N–H and O–H groups in total. The molecule has 0 fully saturated rings. The van der Waals surface area contributed by atoms with Crippen LogP contribution in [0, 0.1) is 12.3 Å². The number of nitrogens with zero attached hydrogens (tertiary/aromatic N) is 1. The maximum atomic E-state index is 6.62. The van der Waals surface area contributed by atoms with Crippen molar-refractivity contribution in [2.24, 2.45) is 10.4 Å². The minimum absolute atomic E-state index is 0.0330. The van der Waals surface area contributed by atoms with Gasteiger partial charge in [0.05, 0.1) is 6.04 Å². The van der Waals surface area contributed by atoms with Crippen molar-refractivity contribution in [3.63, 3.8) is 0 Å². The monoisotopic (exact) mass is 723 g/mol. The molecular formula is C51H50NOP. The number of benzene rings is 6. The highest BCUT2D eigenvalue weighted by atomic mass is 31.1. The average Bonchev–Trinajstić information content (AvgIpc) is 3.69. The van der Waals surface area contributed by atoms with Gasteiger partial charge in [-0.3, -0.25) is 0 Å². The summed E-state index contributed by atoms with van der Waals surface area (Å²) < 4.78 is 6.62. The molecule has 0 spiro atoms. The van der Waals surface area contributed by atoms with Crippen LogP contribution in [-0.4, -0.2) is 31.4 Å². The molecule has 3 heteroatoms. The number of ether oxygens (including phenoxy) is 1. The van der Waals surface area contributed by atoms with Crippen LogP contribution in [0.15, 0.2) is 174 Å². The Bertz CT molecular complexity index is 2340. The summed E-state index contributed by atoms with van der Waals surface area (Å²) in [5.74, 6) is 0.806. The highest BCUT2D eigenvalue weighted by Crippen LogP contribution is 2.50. The summed E-state index contributed by atoms with van der Waals surface area (Å²) in [6.07, 6.45) is 15.1. The van der Waals surface area contributed by atoms with Crippen LogP contribution < -0.4 is 0 Å². The predicted octanol–water partition coefficient (Wildman–Crippen LogP) is 13.1. The highest BCUT2D eigenvalue weighted by Gasteiger charge is 2.43. The lowest BCUT2D eigenvalue weighted by Crippen LogP contribution is -2.42. The molecule has 1 aliphatic carbocycles. The normalized spacial score (nSPS) is 19.2. The molecule has 2 nitrogen and oxygen atoms in total. The van der Waals surface area contributed by atoms with Gasteiger partial charge in [0, 0.05) is 11.0 Å². The Kier molecular flexibility index (Phi) is 10.7. The summed E-state index contributed by atoms with van der Waals surface area (Å²) in [5.41, 5.74) is 10.5. The Labute approximate surface area is 322 Å². The van der Waals surface area contributed by atoms with Crippen LogP contribution in [0.25, 0.3) is 32.7 Å². The standard InChI is InChI=1S/C51H50NOP/c1-37-16-10-11-23-43(28-26-37)50-52-47(34-53-50)51(32-39-17-6-4-7-18-39,33-40-19-8-5-9-20-40)36-54(3)35-44-31-30-42-22-13-15-25-46(42)49(44)48-38(2)27-29-41-21-12-14-24-45(41)48/h4-9,12-31,47H,10-11,32-36H2,1-3H3/b28-26-,37-16-,43-23-. The largest absolute Gasteiger partial charge is 0.475 e. The van der Waals surface area contributed by atoms with E-state index >= 15 is 0 Å². The van der Waals surface area contributed by atoms with E-state index in [0.29, 0.717) is 6.61 Å². The molecule has 0 bridgehead atoms. The zero-order chi connectivity index (χ0) is 36.9. The van der Waals surface area contributed by atoms with E-state index < -0.39 is 7.92 Å². The lowest BCUT2D eigenvalue weighted by Gasteiger charge is -2.40. The predicted molar refractivity (Wildman–Crippen MR) is 233 cm³/mol. The number of allylic oxidation sites excluding steroid dienone is 4. The fourth-order valence-corrected chi connectivity index (χ4v) is 11.2. The van der Waals surface area contributed by atoms with Crippen molar-refractivity contribution >= 4 is 35.4 Å². The van der Waals surface area contributed by atoms with Gasteiger partial charge >= 0.3 is 0 Å². The fourth-order valence-electron chi connectivity index (χ4n) is 8.77. The van der Waals surface area contributed by atoms with E-state index in [4.69, 9.17) is 9.73 Å². The lowest BCUT2D eigenvalue weighted by molar-refractivity contribution is 0.200. The second kappa shape index (κ2) is 16.1. The van der Waals surface area contributed by atoms with Crippen LogP contribution >= 0.6 is 7.92 Å². The maximum Gasteiger partial charge on any atom is 0.216 e. The molecule has 0 aromatic heterocycles. The van der Waals surface area contributed by atoms with Crippen LogP contribution in [0.1, 0.15) is 42.0 Å². The molecule has 2 unspecified atom stereocenters. The van der Waals surface area contributed by atoms with E-state index in [1.54, 1.807) is 0 Å². The van der Waals surface area contributed by atoms with Crippen molar-refractivity contribution in [2.75, 3.05) is 19.4 Å². The van der Waals surface area contributed by atoms with Crippen molar-refractivity contribution in [1.82, 2.24) is 0 Å². The molecular weight excluding hydrogens is 674 g/mol. The van der Waals surface area contributed by atoms with Crippen LogP contribution in [0.3, 0.4) is 0 Å². The number of hydrogen-bond acceptors (Lipinski definition) is 2. The highest BCUT2D eigenvalue weighted by molar-refractivity contribution is 7.56. The van der Waals surface area contributed by atoms with Gasteiger partial charge in [-0.1, -0.05) is 157 Å². The fraction of sp³-hybridized carbons (Fsp3) is 0.235. The minimum Gasteiger partial charge on any atom is -0.475 e. The van der Waals surface area contributed by atoms with Crippen LogP contribution in [0.5, 0.6) is 0 Å². The number of fused-ring (bicyclic) bond motifs is 2. The molecule has 1 aliphatic heterocycles. The first-order chi connectivity index (χ1) is 26.5. The number of rotatable bonds is 11. The second-order valence-corrected chi connectivity index (χ2v) is 17.8. The first-order valence-corrected chi connectivity index (χ1v) is 21.6. The van der Waals surface area contributed by atoms with Crippen molar-refractivity contribution in [2.45, 2.75) is 51.7 Å². The number of aryl methyl sites for hydroxylation is 1. The maximum absolute atomic E-state index is 6.62. The van der Waals surface area contributed by atoms with Crippen molar-refractivity contribution < 1.29 is 4.74 Å². The Morgan fingerprint density at radius 3 is 1.93 bits per heavy atom. The molecule has 270 valence electrons. The molecule has 8 rings (SSSR count). The summed E-state index contributed by atoms with van der Waals surface area (Å²) >= 11 is 0. The van der Waals surface area contributed by atoms with Gasteiger partial charge in [-0.2, -0.15) is 0 Å². The molecule has 2 atom stereocenters. The third-order valence-electron chi connectivity index (χ3n) is 11.4. The average molecular weight is 724 g/mol. The number of hydrogen-bond donors (Lipinski definition) is 0. The van der Waals surface area contributed by atoms with Gasteiger partial charge in [0.1, 0.15) is 6.61 Å². The van der Waals surface area contributed by atoms with E-state index in [1.165, 1.54) is 60.5 Å². The van der Waals surface area contributed by atoms with Crippen LogP contribution in [0.4, 0.5) is 0 Å². The summed E-state index contributed by atoms with van der Waals surface area (Å²) in [6.45, 7) is 7.59. The summed E-state index contributed by atoms with van der Waals surface area (Å²) in [7, 11) is -0.471. The first kappa shape index (κ1) is 36.0. The third-order valence-corrected chi connectivity index (χ3v) is 13.4. The van der Waals surface area contributed by atoms with Crippen LogP contribution in [-0.2, 0) is 23.7 Å². The van der Waals surface area contributed by atoms with Gasteiger partial charge in [-0.25, -0.2) is 4.99 Å². The lowest BCUT2D eigenvalue weighted by atomic mass is 9.72. The van der Waals surface area contributed by atoms with E-state index in [9.17, 15) is 0 Å². The quantitative estimate of drug-likeness (QED) is 0.122. The molecule has 0 saturated carbocycles. The molecule has 1 heterocycles. The topological polar surface area (TPSA) is 21.6 Å². The van der Waals surface area contributed by atoms with Gasteiger partial charge in [0.15, 0.2) is 0 Å². The van der Waals surface area contributed by atoms with Gasteiger partial charge in [-0.05, 0) is 120 Å². The zero-order valence-corrected chi connectivity index (χ0v) is 32.7. The molecule has 0 saturated heterocycles. The van der Waals surface area contributed by atoms with Gasteiger partial charge < -0.3 is 4.74 Å². The van der Waals surface area contributed by atoms with Gasteiger partial charge in [0.2, 0.25) is 5.90 Å². The van der Waals surface area contributed by atoms with E-state index in [2.05, 4.69) is 178 Å². The Balaban J connectivity index is 1.22. The first-order valence-electron chi connectivity index (χ1n) is 19.5. The minimum atomic E-state index is -0.471. The zero-order valence-electron chi connectivity index (χ0n) is 31.8. The Morgan fingerprint density at radius 1 is 0.648 bits per heavy atom. The van der Waals surface area contributed by atoms with E-state index in [-0.39, 0.29) is 11.5 Å². The summed E-state index contributed by atoms with van der Waals surface area (Å²) in [4.78, 5) is 5.55. The summed E-state index contributed by atoms with van der Waals surface area (Å²) in [6, 6.07) is 49.4. The Hall–Kier alpha value is -5.04. The molecule has 54 heavy (non-hydrogen) atoms. The second-order valence-electron chi connectivity index (χ2n) is 15.4. The SMILES string of the molecule is CC1=C/CC/C=C(C2=NC(C(Cc3ccccc3)(Cc3ccccc3)CP(C)Cc3ccc4ccccc4c3-c3c(C)ccc4ccccc34)CO2)/C=C\1. The smallest absolute Gasteiger partial charge is 0.216 e. The van der Waals surface area contributed by atoms with Crippen LogP contribution in [0.2, 0.25) is 0 Å². The molecule has 0 amide bonds. The van der Waals surface area contributed by atoms with E-state index in [0.717, 1.165) is 49.5 Å². The van der Waals surface area contributed by atoms with Crippen molar-refractivity contribution in [1.29, 1.82) is 0 Å². The number of aliphatic imine (C=N–C) groups is 1. The van der Waals surface area contributed by atoms with Crippen molar-refractivity contribution in [3.8, 4) is 11.1 Å². The Morgan fingerprint density at radius 2 is 1.24 bits per heavy atom. The molecule has 2 aliphatic rings. The van der Waals surface area contributed by atoms with E-state index in [1.807, 2.05) is 0 Å². The summed E-state index contributed by atoms with van der Waals surface area (Å²) in [5, 5.41) is 5.24. The molecule has 6 aromatic rings.